The van der Waals surface area contributed by atoms with E-state index in [1.54, 1.807) is 40.5 Å². The molecular weight excluding hydrogens is 701 g/mol. The number of aryl methyl sites for hydroxylation is 1. The Hall–Kier alpha value is -5.32. The maximum Gasteiger partial charge on any atom is 0.407 e. The van der Waals surface area contributed by atoms with Crippen molar-refractivity contribution in [3.63, 3.8) is 0 Å². The number of aromatic nitrogens is 5. The molecule has 4 aromatic rings. The number of ether oxygens (including phenoxy) is 2. The molecule has 282 valence electrons. The topological polar surface area (TPSA) is 200 Å². The van der Waals surface area contributed by atoms with Crippen LogP contribution in [0.5, 0.6) is 0 Å². The maximum atomic E-state index is 13.6. The first kappa shape index (κ1) is 37.4. The lowest BCUT2D eigenvalue weighted by atomic mass is 10.0. The van der Waals surface area contributed by atoms with Crippen LogP contribution < -0.4 is 10.6 Å². The number of carbonyl (C=O) groups excluding carboxylic acids is 4. The molecule has 3 aromatic heterocycles. The molecule has 0 radical (unpaired) electrons. The number of nitrogens with one attached hydrogen (secondary N) is 4. The van der Waals surface area contributed by atoms with Crippen LogP contribution in [-0.2, 0) is 19.1 Å². The third-order valence-electron chi connectivity index (χ3n) is 9.79. The van der Waals surface area contributed by atoms with Gasteiger partial charge in [-0.2, -0.15) is 0 Å². The summed E-state index contributed by atoms with van der Waals surface area (Å²) in [5.41, 5.74) is 4.78. The van der Waals surface area contributed by atoms with Gasteiger partial charge in [-0.1, -0.05) is 13.8 Å². The van der Waals surface area contributed by atoms with Gasteiger partial charge in [0.15, 0.2) is 0 Å². The number of imidazole rings is 2. The molecule has 2 saturated heterocycles. The summed E-state index contributed by atoms with van der Waals surface area (Å²) in [5, 5.41) is 6.00. The summed E-state index contributed by atoms with van der Waals surface area (Å²) in [4.78, 5) is 79.7. The number of alkyl carbamates (subject to hydrolysis) is 2. The number of fused-ring (bicyclic) bond motifs is 1. The molecule has 16 nitrogen and oxygen atoms in total. The Morgan fingerprint density at radius 3 is 2.19 bits per heavy atom. The van der Waals surface area contributed by atoms with Crippen molar-refractivity contribution in [1.29, 1.82) is 0 Å². The minimum absolute atomic E-state index is 0.121. The first-order valence-corrected chi connectivity index (χ1v) is 18.6. The molecule has 2 aliphatic heterocycles. The third-order valence-corrected chi connectivity index (χ3v) is 10.8. The molecule has 2 fully saturated rings. The number of hydrogen-bond donors (Lipinski definition) is 4. The molecule has 6 rings (SSSR count). The Bertz CT molecular complexity index is 2030. The van der Waals surface area contributed by atoms with E-state index in [1.165, 1.54) is 14.2 Å². The highest BCUT2D eigenvalue weighted by Crippen LogP contribution is 2.37. The molecule has 2 aliphatic rings. The average molecular weight is 747 g/mol. The molecule has 0 unspecified atom stereocenters. The number of amides is 4. The first-order chi connectivity index (χ1) is 25.4. The van der Waals surface area contributed by atoms with Crippen LogP contribution >= 0.6 is 11.3 Å². The van der Waals surface area contributed by atoms with Crippen molar-refractivity contribution < 1.29 is 28.7 Å². The van der Waals surface area contributed by atoms with Crippen molar-refractivity contribution in [2.45, 2.75) is 84.5 Å². The lowest BCUT2D eigenvalue weighted by Crippen LogP contribution is -2.51. The average Bonchev–Trinajstić information content (AvgIpc) is 3.98. The number of benzene rings is 1. The number of likely N-dealkylation sites (tertiary alicyclic amines) is 2. The van der Waals surface area contributed by atoms with Crippen LogP contribution in [-0.4, -0.2) is 104 Å². The SMILES string of the molecule is COC(=O)N[C@@H](C)C(=O)N1CCC[C@H]1c1ncc(/C(C)=N/c2cc3nc(-c4cnc([C@@H]5CCCN5C(=O)[C@@H](NC(=O)OC)C(C)C)[nH]4)sc3cc2C)[nH]1. The van der Waals surface area contributed by atoms with E-state index in [2.05, 4.69) is 41.4 Å². The van der Waals surface area contributed by atoms with Crippen molar-refractivity contribution in [3.05, 3.63) is 47.4 Å². The fourth-order valence-corrected chi connectivity index (χ4v) is 7.91. The maximum absolute atomic E-state index is 13.6. The highest BCUT2D eigenvalue weighted by atomic mass is 32.1. The standard InChI is InChI=1S/C36H46N10O6S/c1-18(2)29(44-36(50)52-7)34(48)46-13-9-11-27(46)31-38-17-25(42-31)32-43-23-15-22(19(3)14-28(23)53-32)39-20(4)24-16-37-30(41-24)26-10-8-12-45(26)33(47)21(5)40-35(49)51-6/h14-18,21,26-27,29H,8-13H2,1-7H3,(H,37,41)(H,38,42)(H,40,49)(H,44,50)/b39-20+/t21-,26-,27-,29-/m0/s1. The van der Waals surface area contributed by atoms with Crippen LogP contribution in [0.1, 0.15) is 88.4 Å². The van der Waals surface area contributed by atoms with Gasteiger partial charge < -0.3 is 39.9 Å². The summed E-state index contributed by atoms with van der Waals surface area (Å²) in [5.74, 6) is 0.873. The summed E-state index contributed by atoms with van der Waals surface area (Å²) in [6, 6.07) is 2.12. The number of methoxy groups -OCH3 is 2. The fraction of sp³-hybridized carbons (Fsp3) is 0.500. The highest BCUT2D eigenvalue weighted by Gasteiger charge is 2.38. The Balaban J connectivity index is 1.17. The summed E-state index contributed by atoms with van der Waals surface area (Å²) in [6.45, 7) is 10.5. The van der Waals surface area contributed by atoms with Crippen molar-refractivity contribution in [3.8, 4) is 10.7 Å². The first-order valence-electron chi connectivity index (χ1n) is 17.7. The zero-order valence-corrected chi connectivity index (χ0v) is 31.8. The quantitative estimate of drug-likeness (QED) is 0.155. The van der Waals surface area contributed by atoms with E-state index in [-0.39, 0.29) is 29.8 Å². The zero-order valence-electron chi connectivity index (χ0n) is 31.0. The van der Waals surface area contributed by atoms with Gasteiger partial charge in [0.05, 0.1) is 71.7 Å². The fourth-order valence-electron chi connectivity index (χ4n) is 6.90. The van der Waals surface area contributed by atoms with Crippen LogP contribution in [0.3, 0.4) is 0 Å². The number of thiazole rings is 1. The smallest absolute Gasteiger partial charge is 0.407 e. The zero-order chi connectivity index (χ0) is 38.0. The molecule has 0 saturated carbocycles. The molecule has 53 heavy (non-hydrogen) atoms. The van der Waals surface area contributed by atoms with E-state index in [4.69, 9.17) is 14.7 Å². The van der Waals surface area contributed by atoms with E-state index < -0.39 is 24.3 Å². The minimum Gasteiger partial charge on any atom is -0.453 e. The molecule has 0 spiro atoms. The van der Waals surface area contributed by atoms with Gasteiger partial charge in [0, 0.05) is 13.1 Å². The third kappa shape index (κ3) is 7.89. The number of rotatable bonds is 10. The molecule has 5 heterocycles. The van der Waals surface area contributed by atoms with Gasteiger partial charge in [-0.3, -0.25) is 14.6 Å². The molecule has 4 N–H and O–H groups in total. The number of hydrogen-bond acceptors (Lipinski definition) is 11. The van der Waals surface area contributed by atoms with Crippen LogP contribution in [0, 0.1) is 12.8 Å². The normalized spacial score (nSPS) is 18.8. The molecule has 0 bridgehead atoms. The second-order valence-electron chi connectivity index (χ2n) is 13.8. The molecule has 1 aromatic carbocycles. The van der Waals surface area contributed by atoms with Gasteiger partial charge >= 0.3 is 12.2 Å². The van der Waals surface area contributed by atoms with E-state index in [0.29, 0.717) is 24.7 Å². The lowest BCUT2D eigenvalue weighted by molar-refractivity contribution is -0.135. The van der Waals surface area contributed by atoms with Gasteiger partial charge in [0.25, 0.3) is 0 Å². The van der Waals surface area contributed by atoms with E-state index >= 15 is 0 Å². The number of carbonyl (C=O) groups is 4. The monoisotopic (exact) mass is 746 g/mol. The lowest BCUT2D eigenvalue weighted by Gasteiger charge is -2.29. The molecule has 4 atom stereocenters. The number of aromatic amines is 2. The summed E-state index contributed by atoms with van der Waals surface area (Å²) in [7, 11) is 2.54. The van der Waals surface area contributed by atoms with E-state index in [0.717, 1.165) is 69.3 Å². The number of H-pyrrole nitrogens is 2. The summed E-state index contributed by atoms with van der Waals surface area (Å²) < 4.78 is 10.4. The van der Waals surface area contributed by atoms with Crippen LogP contribution in [0.25, 0.3) is 20.9 Å². The van der Waals surface area contributed by atoms with Crippen molar-refractivity contribution in [2.75, 3.05) is 27.3 Å². The largest absolute Gasteiger partial charge is 0.453 e. The van der Waals surface area contributed by atoms with Gasteiger partial charge in [-0.15, -0.1) is 11.3 Å². The number of nitrogens with zero attached hydrogens (tertiary/aromatic N) is 6. The van der Waals surface area contributed by atoms with Gasteiger partial charge in [-0.05, 0) is 70.1 Å². The van der Waals surface area contributed by atoms with Crippen LogP contribution in [0.2, 0.25) is 0 Å². The second kappa shape index (κ2) is 15.7. The number of aliphatic imine (C=N–C) groups is 1. The Morgan fingerprint density at radius 1 is 0.906 bits per heavy atom. The summed E-state index contributed by atoms with van der Waals surface area (Å²) >= 11 is 1.54. The predicted molar refractivity (Wildman–Crippen MR) is 199 cm³/mol. The van der Waals surface area contributed by atoms with Gasteiger partial charge in [0.2, 0.25) is 11.8 Å². The minimum atomic E-state index is -0.727. The Kier molecular flexibility index (Phi) is 11.1. The highest BCUT2D eigenvalue weighted by molar-refractivity contribution is 7.21. The second-order valence-corrected chi connectivity index (χ2v) is 14.8. The predicted octanol–water partition coefficient (Wildman–Crippen LogP) is 5.31. The van der Waals surface area contributed by atoms with Crippen molar-refractivity contribution >= 4 is 57.0 Å². The van der Waals surface area contributed by atoms with E-state index in [9.17, 15) is 19.2 Å². The molecule has 0 aliphatic carbocycles. The molecular formula is C36H46N10O6S. The Morgan fingerprint density at radius 2 is 1.53 bits per heavy atom. The van der Waals surface area contributed by atoms with Crippen LogP contribution in [0.15, 0.2) is 29.5 Å². The summed E-state index contributed by atoms with van der Waals surface area (Å²) in [6.07, 6.45) is 5.35. The molecule has 4 amide bonds. The van der Waals surface area contributed by atoms with Crippen LogP contribution in [0.4, 0.5) is 15.3 Å². The van der Waals surface area contributed by atoms with Gasteiger partial charge in [-0.25, -0.2) is 24.5 Å². The van der Waals surface area contributed by atoms with E-state index in [1.807, 2.05) is 33.8 Å². The Labute approximate surface area is 311 Å². The van der Waals surface area contributed by atoms with Gasteiger partial charge in [0.1, 0.15) is 28.7 Å². The van der Waals surface area contributed by atoms with Crippen molar-refractivity contribution in [1.82, 2.24) is 45.4 Å². The van der Waals surface area contributed by atoms with Crippen molar-refractivity contribution in [2.24, 2.45) is 10.9 Å². The molecule has 17 heteroatoms.